The van der Waals surface area contributed by atoms with E-state index in [0.717, 1.165) is 50.4 Å². The van der Waals surface area contributed by atoms with Crippen molar-refractivity contribution in [3.63, 3.8) is 0 Å². The third kappa shape index (κ3) is 7.93. The Bertz CT molecular complexity index is 1060. The monoisotopic (exact) mass is 553 g/mol. The summed E-state index contributed by atoms with van der Waals surface area (Å²) in [5, 5.41) is 5.68. The number of benzene rings is 1. The van der Waals surface area contributed by atoms with Gasteiger partial charge in [-0.15, -0.1) is 0 Å². The molecule has 9 nitrogen and oxygen atoms in total. The van der Waals surface area contributed by atoms with Crippen LogP contribution < -0.4 is 10.6 Å². The van der Waals surface area contributed by atoms with Crippen LogP contribution in [0.4, 0.5) is 4.79 Å². The fraction of sp³-hybridized carbons (Fsp3) is 0.613. The van der Waals surface area contributed by atoms with E-state index in [4.69, 9.17) is 9.47 Å². The molecule has 1 aromatic rings. The van der Waals surface area contributed by atoms with Gasteiger partial charge in [0.1, 0.15) is 25.0 Å². The third-order valence-corrected chi connectivity index (χ3v) is 8.06. The number of ether oxygens (including phenoxy) is 2. The molecule has 218 valence electrons. The Labute approximate surface area is 237 Å². The SMILES string of the molecule is CC1(C)C[C@H]2[C@H](CN3C(=O)[C@@H](NC(=O)OCc4ccccc4)CCCCC=CCCCC[C@@H](C=O)NC(=O)[C@H]23)O1. The number of carbonyl (C=O) groups excluding carboxylic acids is 4. The standard InChI is InChI=1S/C31H43N3O6/c1-31(2)18-24-26(40-31)19-34-27(24)28(36)32-23(20-35)16-12-7-5-3-4-6-8-13-17-25(29(34)37)33-30(38)39-21-22-14-10-9-11-15-22/h3-4,9-11,14-15,20,23-27H,5-8,12-13,16-19,21H2,1-2H3,(H,32,36)(H,33,38)/t23-,24-,25-,26-,27-/m0/s1. The van der Waals surface area contributed by atoms with Gasteiger partial charge in [-0.3, -0.25) is 9.59 Å². The van der Waals surface area contributed by atoms with Crippen LogP contribution in [0.1, 0.15) is 77.2 Å². The van der Waals surface area contributed by atoms with Gasteiger partial charge in [0.15, 0.2) is 0 Å². The van der Waals surface area contributed by atoms with E-state index in [2.05, 4.69) is 22.8 Å². The molecule has 40 heavy (non-hydrogen) atoms. The normalized spacial score (nSPS) is 29.6. The molecule has 2 N–H and O–H groups in total. The zero-order chi connectivity index (χ0) is 28.5. The second-order valence-corrected chi connectivity index (χ2v) is 11.8. The minimum Gasteiger partial charge on any atom is -0.445 e. The van der Waals surface area contributed by atoms with Gasteiger partial charge in [0, 0.05) is 12.5 Å². The van der Waals surface area contributed by atoms with Crippen molar-refractivity contribution in [2.45, 2.75) is 108 Å². The first kappa shape index (κ1) is 29.8. The maximum atomic E-state index is 14.0. The van der Waals surface area contributed by atoms with Crippen LogP contribution >= 0.6 is 0 Å². The highest BCUT2D eigenvalue weighted by molar-refractivity contribution is 5.93. The lowest BCUT2D eigenvalue weighted by atomic mass is 9.89. The molecule has 0 unspecified atom stereocenters. The molecule has 0 aromatic heterocycles. The van der Waals surface area contributed by atoms with Gasteiger partial charge in [0.25, 0.3) is 0 Å². The minimum atomic E-state index is -0.841. The highest BCUT2D eigenvalue weighted by atomic mass is 16.5. The van der Waals surface area contributed by atoms with Crippen LogP contribution in [-0.4, -0.2) is 65.5 Å². The summed E-state index contributed by atoms with van der Waals surface area (Å²) in [4.78, 5) is 53.8. The van der Waals surface area contributed by atoms with Crippen LogP contribution in [0.5, 0.6) is 0 Å². The Balaban J connectivity index is 1.53. The smallest absolute Gasteiger partial charge is 0.408 e. The van der Waals surface area contributed by atoms with Crippen LogP contribution in [0.25, 0.3) is 0 Å². The minimum absolute atomic E-state index is 0.0906. The van der Waals surface area contributed by atoms with Crippen molar-refractivity contribution in [3.05, 3.63) is 48.0 Å². The van der Waals surface area contributed by atoms with Gasteiger partial charge in [-0.1, -0.05) is 55.3 Å². The summed E-state index contributed by atoms with van der Waals surface area (Å²) in [7, 11) is 0. The van der Waals surface area contributed by atoms with Gasteiger partial charge in [-0.25, -0.2) is 4.79 Å². The molecule has 3 heterocycles. The molecule has 3 amide bonds. The number of rotatable bonds is 4. The van der Waals surface area contributed by atoms with Crippen LogP contribution in [-0.2, 0) is 30.5 Å². The largest absolute Gasteiger partial charge is 0.445 e. The van der Waals surface area contributed by atoms with E-state index in [1.54, 1.807) is 4.90 Å². The Hall–Kier alpha value is -3.20. The second-order valence-electron chi connectivity index (χ2n) is 11.8. The number of nitrogens with zero attached hydrogens (tertiary/aromatic N) is 1. The second kappa shape index (κ2) is 13.9. The summed E-state index contributed by atoms with van der Waals surface area (Å²) in [5.41, 5.74) is 0.437. The molecule has 0 spiro atoms. The molecule has 0 radical (unpaired) electrons. The van der Waals surface area contributed by atoms with Crippen molar-refractivity contribution < 1.29 is 28.7 Å². The molecule has 3 aliphatic heterocycles. The molecular formula is C31H43N3O6. The van der Waals surface area contributed by atoms with Gasteiger partial charge in [0.05, 0.1) is 17.7 Å². The number of carbonyl (C=O) groups is 4. The summed E-state index contributed by atoms with van der Waals surface area (Å²) >= 11 is 0. The summed E-state index contributed by atoms with van der Waals surface area (Å²) in [6.07, 6.45) is 10.9. The lowest BCUT2D eigenvalue weighted by Crippen LogP contribution is -2.56. The summed E-state index contributed by atoms with van der Waals surface area (Å²) in [6.45, 7) is 4.33. The van der Waals surface area contributed by atoms with Crippen molar-refractivity contribution in [1.82, 2.24) is 15.5 Å². The van der Waals surface area contributed by atoms with Crippen LogP contribution in [0.15, 0.2) is 42.5 Å². The number of fused-ring (bicyclic) bond motifs is 3. The average molecular weight is 554 g/mol. The maximum absolute atomic E-state index is 14.0. The number of allylic oxidation sites excluding steroid dienone is 2. The fourth-order valence-corrected chi connectivity index (χ4v) is 6.11. The molecule has 5 atom stereocenters. The quantitative estimate of drug-likeness (QED) is 0.430. The van der Waals surface area contributed by atoms with Gasteiger partial charge < -0.3 is 29.8 Å². The number of alkyl carbamates (subject to hydrolysis) is 1. The number of hydrogen-bond donors (Lipinski definition) is 2. The predicted octanol–water partition coefficient (Wildman–Crippen LogP) is 4.05. The molecule has 2 saturated heterocycles. The number of amides is 3. The summed E-state index contributed by atoms with van der Waals surface area (Å²) in [5.74, 6) is -0.854. The van der Waals surface area contributed by atoms with E-state index in [-0.39, 0.29) is 37.0 Å². The Morgan fingerprint density at radius 3 is 2.50 bits per heavy atom. The Morgan fingerprint density at radius 1 is 1.10 bits per heavy atom. The lowest BCUT2D eigenvalue weighted by molar-refractivity contribution is -0.142. The molecule has 0 aliphatic carbocycles. The zero-order valence-electron chi connectivity index (χ0n) is 23.7. The van der Waals surface area contributed by atoms with Crippen LogP contribution in [0.3, 0.4) is 0 Å². The topological polar surface area (TPSA) is 114 Å². The van der Waals surface area contributed by atoms with Crippen LogP contribution in [0, 0.1) is 5.92 Å². The van der Waals surface area contributed by atoms with E-state index in [1.807, 2.05) is 44.2 Å². The third-order valence-electron chi connectivity index (χ3n) is 8.06. The van der Waals surface area contributed by atoms with E-state index >= 15 is 0 Å². The number of aldehydes is 1. The predicted molar refractivity (Wildman–Crippen MR) is 150 cm³/mol. The number of nitrogens with one attached hydrogen (secondary N) is 2. The van der Waals surface area contributed by atoms with Crippen molar-refractivity contribution in [2.75, 3.05) is 6.54 Å². The zero-order valence-corrected chi connectivity index (χ0v) is 23.7. The molecule has 2 fully saturated rings. The highest BCUT2D eigenvalue weighted by Crippen LogP contribution is 2.43. The van der Waals surface area contributed by atoms with E-state index < -0.39 is 29.8 Å². The molecule has 3 aliphatic rings. The maximum Gasteiger partial charge on any atom is 0.408 e. The van der Waals surface area contributed by atoms with Crippen molar-refractivity contribution in [2.24, 2.45) is 5.92 Å². The summed E-state index contributed by atoms with van der Waals surface area (Å²) in [6, 6.07) is 7.12. The van der Waals surface area contributed by atoms with Crippen LogP contribution in [0.2, 0.25) is 0 Å². The van der Waals surface area contributed by atoms with Crippen molar-refractivity contribution in [1.29, 1.82) is 0 Å². The highest BCUT2D eigenvalue weighted by Gasteiger charge is 2.55. The fourth-order valence-electron chi connectivity index (χ4n) is 6.11. The average Bonchev–Trinajstić information content (AvgIpc) is 3.42. The number of hydrogen-bond acceptors (Lipinski definition) is 6. The molecule has 4 rings (SSSR count). The molecule has 9 heteroatoms. The van der Waals surface area contributed by atoms with Crippen molar-refractivity contribution >= 4 is 24.2 Å². The Kier molecular flexibility index (Phi) is 10.4. The lowest BCUT2D eigenvalue weighted by Gasteiger charge is -2.32. The van der Waals surface area contributed by atoms with Gasteiger partial charge >= 0.3 is 6.09 Å². The van der Waals surface area contributed by atoms with Gasteiger partial charge in [0.2, 0.25) is 11.8 Å². The molecular weight excluding hydrogens is 510 g/mol. The Morgan fingerprint density at radius 2 is 1.80 bits per heavy atom. The van der Waals surface area contributed by atoms with Crippen molar-refractivity contribution in [3.8, 4) is 0 Å². The first-order chi connectivity index (χ1) is 19.3. The van der Waals surface area contributed by atoms with E-state index in [9.17, 15) is 19.2 Å². The molecule has 1 aromatic carbocycles. The summed E-state index contributed by atoms with van der Waals surface area (Å²) < 4.78 is 11.7. The van der Waals surface area contributed by atoms with Gasteiger partial charge in [-0.2, -0.15) is 0 Å². The first-order valence-electron chi connectivity index (χ1n) is 14.6. The van der Waals surface area contributed by atoms with E-state index in [0.29, 0.717) is 19.3 Å². The molecule has 0 saturated carbocycles. The van der Waals surface area contributed by atoms with E-state index in [1.165, 1.54) is 0 Å². The van der Waals surface area contributed by atoms with Gasteiger partial charge in [-0.05, 0) is 64.4 Å². The first-order valence-corrected chi connectivity index (χ1v) is 14.6. The molecule has 0 bridgehead atoms.